The van der Waals surface area contributed by atoms with Crippen molar-refractivity contribution >= 4 is 40.1 Å². The van der Waals surface area contributed by atoms with E-state index in [9.17, 15) is 9.59 Å². The highest BCUT2D eigenvalue weighted by Crippen LogP contribution is 2.41. The van der Waals surface area contributed by atoms with Gasteiger partial charge >= 0.3 is 0 Å². The molecule has 2 aliphatic rings. The highest BCUT2D eigenvalue weighted by atomic mass is 32.1. The number of thiophene rings is 1. The van der Waals surface area contributed by atoms with E-state index >= 15 is 0 Å². The van der Waals surface area contributed by atoms with Crippen LogP contribution in [0.1, 0.15) is 17.4 Å². The second kappa shape index (κ2) is 7.46. The Hall–Kier alpha value is -3.38. The number of fused-ring (bicyclic) bond motifs is 1. The molecule has 2 aliphatic heterocycles. The summed E-state index contributed by atoms with van der Waals surface area (Å²) in [6.45, 7) is 3.09. The molecule has 2 aromatic carbocycles. The maximum atomic E-state index is 13.7. The SMILES string of the molecule is CCOc1cccc(N2C(=O)C(c3cccs3)=C(N3CCc4ccccc43)C2=O)c1. The Morgan fingerprint density at radius 1 is 1.00 bits per heavy atom. The molecule has 3 aromatic rings. The molecule has 0 fully saturated rings. The van der Waals surface area contributed by atoms with Crippen LogP contribution >= 0.6 is 11.3 Å². The lowest BCUT2D eigenvalue weighted by Gasteiger charge is -2.22. The number of benzene rings is 2. The summed E-state index contributed by atoms with van der Waals surface area (Å²) >= 11 is 1.47. The molecule has 0 atom stereocenters. The van der Waals surface area contributed by atoms with Crippen LogP contribution in [0.5, 0.6) is 5.75 Å². The zero-order chi connectivity index (χ0) is 20.7. The van der Waals surface area contributed by atoms with Gasteiger partial charge in [-0.25, -0.2) is 4.90 Å². The number of nitrogens with zero attached hydrogens (tertiary/aromatic N) is 2. The smallest absolute Gasteiger partial charge is 0.282 e. The fourth-order valence-electron chi connectivity index (χ4n) is 4.10. The van der Waals surface area contributed by atoms with E-state index in [1.165, 1.54) is 21.8 Å². The van der Waals surface area contributed by atoms with Crippen molar-refractivity contribution < 1.29 is 14.3 Å². The fourth-order valence-corrected chi connectivity index (χ4v) is 4.86. The van der Waals surface area contributed by atoms with Gasteiger partial charge in [0.05, 0.1) is 17.9 Å². The number of carbonyl (C=O) groups is 2. The summed E-state index contributed by atoms with van der Waals surface area (Å²) in [6, 6.07) is 19.0. The van der Waals surface area contributed by atoms with Crippen LogP contribution in [0.3, 0.4) is 0 Å². The van der Waals surface area contributed by atoms with Crippen molar-refractivity contribution in [3.05, 3.63) is 82.2 Å². The summed E-state index contributed by atoms with van der Waals surface area (Å²) in [6.07, 6.45) is 0.846. The van der Waals surface area contributed by atoms with E-state index in [1.807, 2.05) is 53.6 Å². The molecule has 0 bridgehead atoms. The number of hydrogen-bond donors (Lipinski definition) is 0. The fraction of sp³-hybridized carbons (Fsp3) is 0.167. The van der Waals surface area contributed by atoms with E-state index < -0.39 is 0 Å². The molecule has 0 N–H and O–H groups in total. The third-order valence-corrected chi connectivity index (χ3v) is 6.26. The third kappa shape index (κ3) is 2.92. The highest BCUT2D eigenvalue weighted by molar-refractivity contribution is 7.11. The number of para-hydroxylation sites is 1. The normalized spacial score (nSPS) is 15.9. The highest BCUT2D eigenvalue weighted by Gasteiger charge is 2.44. The maximum Gasteiger partial charge on any atom is 0.282 e. The van der Waals surface area contributed by atoms with Gasteiger partial charge in [0.1, 0.15) is 11.4 Å². The van der Waals surface area contributed by atoms with Gasteiger partial charge in [0.2, 0.25) is 0 Å². The first kappa shape index (κ1) is 18.6. The van der Waals surface area contributed by atoms with Crippen LogP contribution in [0.2, 0.25) is 0 Å². The third-order valence-electron chi connectivity index (χ3n) is 5.37. The summed E-state index contributed by atoms with van der Waals surface area (Å²) in [5.74, 6) is 0.0393. The molecular weight excluding hydrogens is 396 g/mol. The summed E-state index contributed by atoms with van der Waals surface area (Å²) in [7, 11) is 0. The monoisotopic (exact) mass is 416 g/mol. The van der Waals surface area contributed by atoms with Gasteiger partial charge in [-0.2, -0.15) is 0 Å². The van der Waals surface area contributed by atoms with Gasteiger partial charge < -0.3 is 9.64 Å². The van der Waals surface area contributed by atoms with Gasteiger partial charge in [-0.3, -0.25) is 9.59 Å². The van der Waals surface area contributed by atoms with Crippen LogP contribution in [-0.4, -0.2) is 25.0 Å². The van der Waals surface area contributed by atoms with Crippen molar-refractivity contribution in [2.45, 2.75) is 13.3 Å². The molecule has 0 spiro atoms. The Morgan fingerprint density at radius 3 is 2.67 bits per heavy atom. The molecule has 0 radical (unpaired) electrons. The number of hydrogen-bond acceptors (Lipinski definition) is 5. The van der Waals surface area contributed by atoms with Crippen molar-refractivity contribution in [3.8, 4) is 5.75 Å². The van der Waals surface area contributed by atoms with Crippen molar-refractivity contribution in [2.75, 3.05) is 23.0 Å². The molecule has 0 unspecified atom stereocenters. The lowest BCUT2D eigenvalue weighted by atomic mass is 10.1. The van der Waals surface area contributed by atoms with E-state index in [-0.39, 0.29) is 11.8 Å². The Morgan fingerprint density at radius 2 is 1.87 bits per heavy atom. The van der Waals surface area contributed by atoms with Crippen LogP contribution in [0.15, 0.2) is 71.7 Å². The Kier molecular flexibility index (Phi) is 4.64. The first-order valence-corrected chi connectivity index (χ1v) is 10.8. The first-order valence-electron chi connectivity index (χ1n) is 9.94. The van der Waals surface area contributed by atoms with E-state index in [2.05, 4.69) is 6.07 Å². The lowest BCUT2D eigenvalue weighted by molar-refractivity contribution is -0.120. The van der Waals surface area contributed by atoms with Gasteiger partial charge in [-0.1, -0.05) is 30.3 Å². The minimum atomic E-state index is -0.297. The van der Waals surface area contributed by atoms with Gasteiger partial charge in [0.15, 0.2) is 0 Å². The first-order chi connectivity index (χ1) is 14.7. The van der Waals surface area contributed by atoms with E-state index in [1.54, 1.807) is 18.2 Å². The Balaban J connectivity index is 1.63. The van der Waals surface area contributed by atoms with Crippen LogP contribution in [0.25, 0.3) is 5.57 Å². The number of carbonyl (C=O) groups excluding carboxylic acids is 2. The molecule has 1 aromatic heterocycles. The zero-order valence-corrected chi connectivity index (χ0v) is 17.3. The molecule has 150 valence electrons. The van der Waals surface area contributed by atoms with Crippen LogP contribution in [-0.2, 0) is 16.0 Å². The molecule has 0 saturated heterocycles. The second-order valence-electron chi connectivity index (χ2n) is 7.11. The lowest BCUT2D eigenvalue weighted by Crippen LogP contribution is -2.34. The number of rotatable bonds is 5. The molecule has 5 rings (SSSR count). The maximum absolute atomic E-state index is 13.7. The summed E-state index contributed by atoms with van der Waals surface area (Å²) in [5, 5.41) is 1.92. The number of amides is 2. The molecule has 6 heteroatoms. The molecule has 0 aliphatic carbocycles. The van der Waals surface area contributed by atoms with Crippen LogP contribution < -0.4 is 14.5 Å². The number of imide groups is 1. The second-order valence-corrected chi connectivity index (χ2v) is 8.06. The van der Waals surface area contributed by atoms with E-state index in [0.717, 1.165) is 17.0 Å². The predicted molar refractivity (Wildman–Crippen MR) is 119 cm³/mol. The number of ether oxygens (including phenoxy) is 1. The van der Waals surface area contributed by atoms with E-state index in [4.69, 9.17) is 4.74 Å². The van der Waals surface area contributed by atoms with E-state index in [0.29, 0.717) is 35.9 Å². The summed E-state index contributed by atoms with van der Waals surface area (Å²) in [5.41, 5.74) is 3.62. The quantitative estimate of drug-likeness (QED) is 0.575. The Labute approximate surface area is 178 Å². The topological polar surface area (TPSA) is 49.9 Å². The van der Waals surface area contributed by atoms with Crippen molar-refractivity contribution in [1.29, 1.82) is 0 Å². The largest absolute Gasteiger partial charge is 0.494 e. The standard InChI is InChI=1S/C24H20N2O3S/c1-2-29-18-9-5-8-17(15-18)26-23(27)21(20-11-6-14-30-20)22(24(26)28)25-13-12-16-7-3-4-10-19(16)25/h3-11,14-15H,2,12-13H2,1H3. The van der Waals surface area contributed by atoms with Crippen molar-refractivity contribution in [2.24, 2.45) is 0 Å². The average Bonchev–Trinajstić information content (AvgIpc) is 3.47. The predicted octanol–water partition coefficient (Wildman–Crippen LogP) is 4.49. The molecule has 3 heterocycles. The minimum absolute atomic E-state index is 0.296. The van der Waals surface area contributed by atoms with Crippen molar-refractivity contribution in [1.82, 2.24) is 0 Å². The van der Waals surface area contributed by atoms with Crippen LogP contribution in [0.4, 0.5) is 11.4 Å². The summed E-state index contributed by atoms with van der Waals surface area (Å²) in [4.78, 5) is 31.3. The van der Waals surface area contributed by atoms with Crippen molar-refractivity contribution in [3.63, 3.8) is 0 Å². The number of anilines is 2. The molecule has 2 amide bonds. The zero-order valence-electron chi connectivity index (χ0n) is 16.5. The van der Waals surface area contributed by atoms with Gasteiger partial charge in [-0.05, 0) is 48.6 Å². The average molecular weight is 417 g/mol. The molecule has 5 nitrogen and oxygen atoms in total. The van der Waals surface area contributed by atoms with Gasteiger partial charge in [-0.15, -0.1) is 11.3 Å². The van der Waals surface area contributed by atoms with Gasteiger partial charge in [0.25, 0.3) is 11.8 Å². The molecule has 30 heavy (non-hydrogen) atoms. The summed E-state index contributed by atoms with van der Waals surface area (Å²) < 4.78 is 5.58. The Bertz CT molecular complexity index is 1170. The molecule has 0 saturated carbocycles. The minimum Gasteiger partial charge on any atom is -0.494 e. The van der Waals surface area contributed by atoms with Gasteiger partial charge in [0, 0.05) is 23.2 Å². The molecular formula is C24H20N2O3S. The van der Waals surface area contributed by atoms with Crippen LogP contribution in [0, 0.1) is 0 Å².